The first kappa shape index (κ1) is 17.5. The van der Waals surface area contributed by atoms with Gasteiger partial charge < -0.3 is 10.2 Å². The van der Waals surface area contributed by atoms with E-state index in [0.29, 0.717) is 6.04 Å². The molecule has 1 saturated heterocycles. The Morgan fingerprint density at radius 3 is 2.62 bits per heavy atom. The molecule has 1 aliphatic heterocycles. The van der Waals surface area contributed by atoms with Gasteiger partial charge in [-0.1, -0.05) is 25.0 Å². The quantitative estimate of drug-likeness (QED) is 0.870. The molecule has 1 fully saturated rings. The van der Waals surface area contributed by atoms with Crippen LogP contribution in [0.5, 0.6) is 0 Å². The number of halogens is 1. The fourth-order valence-electron chi connectivity index (χ4n) is 4.23. The molecule has 1 aromatic heterocycles. The monoisotopic (exact) mass is 353 g/mol. The number of aromatic nitrogens is 1. The number of rotatable bonds is 2. The van der Waals surface area contributed by atoms with Crippen molar-refractivity contribution in [2.24, 2.45) is 0 Å². The average Bonchev–Trinajstić information content (AvgIpc) is 2.62. The first-order valence-corrected chi connectivity index (χ1v) is 9.98. The topological polar surface area (TPSA) is 28.2 Å². The van der Waals surface area contributed by atoms with Gasteiger partial charge in [0, 0.05) is 31.4 Å². The lowest BCUT2D eigenvalue weighted by Gasteiger charge is -2.34. The molecule has 4 rings (SSSR count). The molecule has 138 valence electrons. The number of pyridine rings is 1. The van der Waals surface area contributed by atoms with Crippen LogP contribution in [-0.2, 0) is 12.8 Å². The highest BCUT2D eigenvalue weighted by atomic mass is 19.1. The summed E-state index contributed by atoms with van der Waals surface area (Å²) in [6.45, 7) is 5.18. The largest absolute Gasteiger partial charge is 0.354 e. The number of nitrogens with zero attached hydrogens (tertiary/aromatic N) is 2. The Kier molecular flexibility index (Phi) is 5.21. The Morgan fingerprint density at radius 1 is 1.08 bits per heavy atom. The Labute approximate surface area is 155 Å². The summed E-state index contributed by atoms with van der Waals surface area (Å²) in [4.78, 5) is 7.50. The van der Waals surface area contributed by atoms with E-state index < -0.39 is 0 Å². The van der Waals surface area contributed by atoms with E-state index in [1.165, 1.54) is 42.5 Å². The van der Waals surface area contributed by atoms with E-state index >= 15 is 0 Å². The smallest absolute Gasteiger partial charge is 0.129 e. The van der Waals surface area contributed by atoms with E-state index in [2.05, 4.69) is 23.2 Å². The van der Waals surface area contributed by atoms with Gasteiger partial charge in [0.25, 0.3) is 0 Å². The number of fused-ring (bicyclic) bond motifs is 1. The molecule has 1 atom stereocenters. The van der Waals surface area contributed by atoms with Gasteiger partial charge in [0.1, 0.15) is 11.6 Å². The van der Waals surface area contributed by atoms with Gasteiger partial charge in [-0.15, -0.1) is 0 Å². The van der Waals surface area contributed by atoms with Crippen molar-refractivity contribution in [2.45, 2.75) is 51.5 Å². The van der Waals surface area contributed by atoms with Crippen molar-refractivity contribution in [1.82, 2.24) is 10.3 Å². The van der Waals surface area contributed by atoms with Crippen molar-refractivity contribution in [1.29, 1.82) is 0 Å². The Balaban J connectivity index is 1.79. The maximum atomic E-state index is 13.4. The summed E-state index contributed by atoms with van der Waals surface area (Å²) in [5.41, 5.74) is 4.99. The number of anilines is 1. The van der Waals surface area contributed by atoms with Crippen molar-refractivity contribution in [2.75, 3.05) is 24.5 Å². The lowest BCUT2D eigenvalue weighted by Crippen LogP contribution is -2.49. The summed E-state index contributed by atoms with van der Waals surface area (Å²) in [7, 11) is 0. The second kappa shape index (κ2) is 7.75. The van der Waals surface area contributed by atoms with Crippen molar-refractivity contribution in [3.63, 3.8) is 0 Å². The van der Waals surface area contributed by atoms with Gasteiger partial charge in [0.2, 0.25) is 0 Å². The summed E-state index contributed by atoms with van der Waals surface area (Å²) in [6, 6.07) is 9.67. The van der Waals surface area contributed by atoms with E-state index in [-0.39, 0.29) is 5.82 Å². The number of hydrogen-bond acceptors (Lipinski definition) is 3. The number of piperazine rings is 1. The lowest BCUT2D eigenvalue weighted by atomic mass is 9.90. The van der Waals surface area contributed by atoms with Gasteiger partial charge in [0.15, 0.2) is 0 Å². The molecular weight excluding hydrogens is 325 g/mol. The average molecular weight is 353 g/mol. The molecular formula is C22H28FN3. The molecule has 26 heavy (non-hydrogen) atoms. The molecule has 2 heterocycles. The zero-order chi connectivity index (χ0) is 17.9. The minimum atomic E-state index is -0.179. The molecule has 1 aliphatic carbocycles. The van der Waals surface area contributed by atoms with Crippen molar-refractivity contribution < 1.29 is 4.39 Å². The van der Waals surface area contributed by atoms with Gasteiger partial charge in [-0.3, -0.25) is 0 Å². The predicted molar refractivity (Wildman–Crippen MR) is 105 cm³/mol. The van der Waals surface area contributed by atoms with Crippen LogP contribution in [0.2, 0.25) is 0 Å². The molecule has 0 spiro atoms. The number of nitrogens with one attached hydrogen (secondary N) is 1. The van der Waals surface area contributed by atoms with E-state index in [4.69, 9.17) is 4.98 Å². The van der Waals surface area contributed by atoms with E-state index in [0.717, 1.165) is 43.9 Å². The van der Waals surface area contributed by atoms with Crippen molar-refractivity contribution in [3.8, 4) is 11.1 Å². The fourth-order valence-corrected chi connectivity index (χ4v) is 4.23. The molecule has 0 bridgehead atoms. The highest BCUT2D eigenvalue weighted by Crippen LogP contribution is 2.33. The van der Waals surface area contributed by atoms with Crippen LogP contribution in [0.4, 0.5) is 10.2 Å². The summed E-state index contributed by atoms with van der Waals surface area (Å²) < 4.78 is 13.4. The third-order valence-electron chi connectivity index (χ3n) is 5.63. The molecule has 0 amide bonds. The van der Waals surface area contributed by atoms with E-state index in [1.807, 2.05) is 12.1 Å². The third-order valence-corrected chi connectivity index (χ3v) is 5.63. The number of aryl methyl sites for hydroxylation is 1. The van der Waals surface area contributed by atoms with E-state index in [9.17, 15) is 4.39 Å². The van der Waals surface area contributed by atoms with Crippen LogP contribution in [-0.4, -0.2) is 30.7 Å². The van der Waals surface area contributed by atoms with Gasteiger partial charge in [-0.2, -0.15) is 0 Å². The second-order valence-corrected chi connectivity index (χ2v) is 7.68. The normalized spacial score (nSPS) is 21.0. The molecule has 1 aromatic carbocycles. The Bertz CT molecular complexity index is 757. The Hall–Kier alpha value is -1.94. The summed E-state index contributed by atoms with van der Waals surface area (Å²) in [6.07, 6.45) is 7.14. The molecule has 3 nitrogen and oxygen atoms in total. The van der Waals surface area contributed by atoms with Crippen LogP contribution in [0.25, 0.3) is 11.1 Å². The van der Waals surface area contributed by atoms with Gasteiger partial charge >= 0.3 is 0 Å². The molecule has 0 radical (unpaired) electrons. The first-order chi connectivity index (χ1) is 12.7. The summed E-state index contributed by atoms with van der Waals surface area (Å²) in [5, 5.41) is 3.50. The van der Waals surface area contributed by atoms with Crippen LogP contribution >= 0.6 is 0 Å². The minimum Gasteiger partial charge on any atom is -0.354 e. The van der Waals surface area contributed by atoms with Crippen molar-refractivity contribution >= 4 is 5.82 Å². The van der Waals surface area contributed by atoms with E-state index in [1.54, 1.807) is 12.1 Å². The highest BCUT2D eigenvalue weighted by Gasteiger charge is 2.21. The lowest BCUT2D eigenvalue weighted by molar-refractivity contribution is 0.481. The minimum absolute atomic E-state index is 0.179. The predicted octanol–water partition coefficient (Wildman–Crippen LogP) is 4.34. The molecule has 0 saturated carbocycles. The maximum Gasteiger partial charge on any atom is 0.129 e. The van der Waals surface area contributed by atoms with Crippen LogP contribution in [0.3, 0.4) is 0 Å². The highest BCUT2D eigenvalue weighted by molar-refractivity contribution is 5.72. The first-order valence-electron chi connectivity index (χ1n) is 9.98. The van der Waals surface area contributed by atoms with Crippen LogP contribution in [0, 0.1) is 5.82 Å². The van der Waals surface area contributed by atoms with Crippen molar-refractivity contribution in [3.05, 3.63) is 47.4 Å². The summed E-state index contributed by atoms with van der Waals surface area (Å²) >= 11 is 0. The van der Waals surface area contributed by atoms with Crippen LogP contribution in [0.1, 0.15) is 43.9 Å². The zero-order valence-corrected chi connectivity index (χ0v) is 15.6. The van der Waals surface area contributed by atoms with Crippen LogP contribution < -0.4 is 10.2 Å². The second-order valence-electron chi connectivity index (χ2n) is 7.68. The van der Waals surface area contributed by atoms with Gasteiger partial charge in [-0.05, 0) is 67.5 Å². The number of benzene rings is 1. The Morgan fingerprint density at radius 2 is 1.85 bits per heavy atom. The number of hydrogen-bond donors (Lipinski definition) is 1. The van der Waals surface area contributed by atoms with Crippen LogP contribution in [0.15, 0.2) is 30.3 Å². The SMILES string of the molecule is CC1CN(c2cc(-c3ccc(F)cc3)c3c(n2)CCCCCC3)CCN1. The van der Waals surface area contributed by atoms with Gasteiger partial charge in [0.05, 0.1) is 0 Å². The van der Waals surface area contributed by atoms with Gasteiger partial charge in [-0.25, -0.2) is 9.37 Å². The molecule has 2 aliphatic rings. The molecule has 4 heteroatoms. The maximum absolute atomic E-state index is 13.4. The molecule has 2 aromatic rings. The molecule has 1 unspecified atom stereocenters. The fraction of sp³-hybridized carbons (Fsp3) is 0.500. The zero-order valence-electron chi connectivity index (χ0n) is 15.6. The molecule has 1 N–H and O–H groups in total. The third kappa shape index (κ3) is 3.75. The standard InChI is InChI=1S/C22H28FN3/c1-16-15-26(13-12-24-16)22-14-20(17-8-10-18(23)11-9-17)19-6-4-2-3-5-7-21(19)25-22/h8-11,14,16,24H,2-7,12-13,15H2,1H3. The summed E-state index contributed by atoms with van der Waals surface area (Å²) in [5.74, 6) is 0.902.